The summed E-state index contributed by atoms with van der Waals surface area (Å²) >= 11 is 0. The lowest BCUT2D eigenvalue weighted by Crippen LogP contribution is -2.30. The number of fused-ring (bicyclic) bond motifs is 1. The fourth-order valence-electron chi connectivity index (χ4n) is 3.25. The maximum absolute atomic E-state index is 13.5. The van der Waals surface area contributed by atoms with Crippen LogP contribution in [0.3, 0.4) is 0 Å². The first kappa shape index (κ1) is 17.0. The lowest BCUT2D eigenvalue weighted by atomic mass is 10.1. The molecule has 4 aromatic rings. The lowest BCUT2D eigenvalue weighted by molar-refractivity contribution is 0.0732. The predicted molar refractivity (Wildman–Crippen MR) is 108 cm³/mol. The Balaban J connectivity index is 1.71. The molecular formula is C24H20N2O. The predicted octanol–water partition coefficient (Wildman–Crippen LogP) is 5.08. The van der Waals surface area contributed by atoms with Gasteiger partial charge in [-0.15, -0.1) is 0 Å². The van der Waals surface area contributed by atoms with Crippen LogP contribution in [-0.4, -0.2) is 15.8 Å². The summed E-state index contributed by atoms with van der Waals surface area (Å²) in [6.45, 7) is 1.11. The molecule has 0 bridgehead atoms. The van der Waals surface area contributed by atoms with Crippen LogP contribution in [0.4, 0.5) is 0 Å². The van der Waals surface area contributed by atoms with E-state index in [1.54, 1.807) is 6.20 Å². The van der Waals surface area contributed by atoms with Crippen molar-refractivity contribution in [3.05, 3.63) is 114 Å². The van der Waals surface area contributed by atoms with Gasteiger partial charge in [0.25, 0.3) is 5.91 Å². The van der Waals surface area contributed by atoms with Crippen LogP contribution >= 0.6 is 0 Å². The average Bonchev–Trinajstić information content (AvgIpc) is 2.74. The number of rotatable bonds is 5. The molecular weight excluding hydrogens is 332 g/mol. The minimum absolute atomic E-state index is 0.00740. The van der Waals surface area contributed by atoms with Crippen LogP contribution in [0.25, 0.3) is 10.9 Å². The number of benzene rings is 3. The highest BCUT2D eigenvalue weighted by atomic mass is 16.2. The molecule has 3 nitrogen and oxygen atoms in total. The van der Waals surface area contributed by atoms with E-state index in [-0.39, 0.29) is 5.91 Å². The second-order valence-electron chi connectivity index (χ2n) is 6.51. The number of carbonyl (C=O) groups is 1. The molecule has 27 heavy (non-hydrogen) atoms. The summed E-state index contributed by atoms with van der Waals surface area (Å²) < 4.78 is 0. The van der Waals surface area contributed by atoms with Crippen LogP contribution in [0, 0.1) is 0 Å². The minimum atomic E-state index is -0.00740. The van der Waals surface area contributed by atoms with Crippen molar-refractivity contribution >= 4 is 16.8 Å². The van der Waals surface area contributed by atoms with Crippen molar-refractivity contribution in [1.82, 2.24) is 9.88 Å². The summed E-state index contributed by atoms with van der Waals surface area (Å²) in [5.74, 6) is -0.00740. The molecule has 0 saturated heterocycles. The van der Waals surface area contributed by atoms with Crippen LogP contribution in [0.5, 0.6) is 0 Å². The van der Waals surface area contributed by atoms with E-state index in [2.05, 4.69) is 4.98 Å². The topological polar surface area (TPSA) is 33.2 Å². The van der Waals surface area contributed by atoms with Gasteiger partial charge in [-0.25, -0.2) is 0 Å². The monoisotopic (exact) mass is 352 g/mol. The van der Waals surface area contributed by atoms with E-state index in [1.807, 2.05) is 95.9 Å². The van der Waals surface area contributed by atoms with E-state index in [0.717, 1.165) is 22.0 Å². The van der Waals surface area contributed by atoms with Gasteiger partial charge in [0.1, 0.15) is 0 Å². The standard InChI is InChI=1S/C24H20N2O/c27-24(22-15-7-13-21-14-8-16-25-23(21)22)26(17-19-9-3-1-4-10-19)18-20-11-5-2-6-12-20/h1-16H,17-18H2. The van der Waals surface area contributed by atoms with Gasteiger partial charge in [-0.2, -0.15) is 0 Å². The van der Waals surface area contributed by atoms with Crippen molar-refractivity contribution in [2.45, 2.75) is 13.1 Å². The van der Waals surface area contributed by atoms with Crippen molar-refractivity contribution in [2.75, 3.05) is 0 Å². The minimum Gasteiger partial charge on any atom is -0.330 e. The molecule has 0 fully saturated rings. The van der Waals surface area contributed by atoms with Crippen LogP contribution in [0.2, 0.25) is 0 Å². The third kappa shape index (κ3) is 3.87. The Morgan fingerprint density at radius 3 is 1.93 bits per heavy atom. The molecule has 4 rings (SSSR count). The quantitative estimate of drug-likeness (QED) is 0.502. The normalized spacial score (nSPS) is 10.7. The zero-order valence-electron chi connectivity index (χ0n) is 15.0. The van der Waals surface area contributed by atoms with Crippen molar-refractivity contribution < 1.29 is 4.79 Å². The number of pyridine rings is 1. The molecule has 0 unspecified atom stereocenters. The maximum atomic E-state index is 13.5. The van der Waals surface area contributed by atoms with E-state index in [1.165, 1.54) is 0 Å². The molecule has 0 radical (unpaired) electrons. The summed E-state index contributed by atoms with van der Waals surface area (Å²) in [4.78, 5) is 19.8. The third-order valence-electron chi connectivity index (χ3n) is 4.58. The maximum Gasteiger partial charge on any atom is 0.256 e. The Kier molecular flexibility index (Phi) is 4.93. The van der Waals surface area contributed by atoms with Gasteiger partial charge in [-0.05, 0) is 23.3 Å². The molecule has 0 N–H and O–H groups in total. The number of nitrogens with zero attached hydrogens (tertiary/aromatic N) is 2. The highest BCUT2D eigenvalue weighted by Gasteiger charge is 2.19. The summed E-state index contributed by atoms with van der Waals surface area (Å²) in [7, 11) is 0. The van der Waals surface area contributed by atoms with Crippen molar-refractivity contribution in [3.63, 3.8) is 0 Å². The molecule has 0 atom stereocenters. The number of hydrogen-bond donors (Lipinski definition) is 0. The van der Waals surface area contributed by atoms with E-state index in [4.69, 9.17) is 0 Å². The van der Waals surface area contributed by atoms with Gasteiger partial charge in [0, 0.05) is 24.7 Å². The number of amides is 1. The lowest BCUT2D eigenvalue weighted by Gasteiger charge is -2.23. The first-order valence-electron chi connectivity index (χ1n) is 9.02. The molecule has 0 saturated carbocycles. The number of para-hydroxylation sites is 1. The van der Waals surface area contributed by atoms with E-state index in [0.29, 0.717) is 18.7 Å². The zero-order valence-corrected chi connectivity index (χ0v) is 15.0. The van der Waals surface area contributed by atoms with Gasteiger partial charge < -0.3 is 4.90 Å². The second-order valence-corrected chi connectivity index (χ2v) is 6.51. The summed E-state index contributed by atoms with van der Waals surface area (Å²) in [5.41, 5.74) is 3.60. The molecule has 3 heteroatoms. The highest BCUT2D eigenvalue weighted by molar-refractivity contribution is 6.05. The summed E-state index contributed by atoms with van der Waals surface area (Å²) in [6, 6.07) is 29.8. The average molecular weight is 352 g/mol. The van der Waals surface area contributed by atoms with E-state index < -0.39 is 0 Å². The molecule has 3 aromatic carbocycles. The van der Waals surface area contributed by atoms with Gasteiger partial charge in [-0.3, -0.25) is 9.78 Å². The molecule has 1 amide bonds. The third-order valence-corrected chi connectivity index (χ3v) is 4.58. The first-order chi connectivity index (χ1) is 13.3. The second kappa shape index (κ2) is 7.83. The van der Waals surface area contributed by atoms with Gasteiger partial charge >= 0.3 is 0 Å². The van der Waals surface area contributed by atoms with Crippen LogP contribution in [0.15, 0.2) is 97.2 Å². The fourth-order valence-corrected chi connectivity index (χ4v) is 3.25. The van der Waals surface area contributed by atoms with Crippen molar-refractivity contribution in [3.8, 4) is 0 Å². The van der Waals surface area contributed by atoms with E-state index in [9.17, 15) is 4.79 Å². The van der Waals surface area contributed by atoms with Gasteiger partial charge in [0.2, 0.25) is 0 Å². The van der Waals surface area contributed by atoms with Crippen molar-refractivity contribution in [2.24, 2.45) is 0 Å². The molecule has 0 aliphatic rings. The smallest absolute Gasteiger partial charge is 0.256 e. The fraction of sp³-hybridized carbons (Fsp3) is 0.0833. The van der Waals surface area contributed by atoms with Gasteiger partial charge in [0.05, 0.1) is 11.1 Å². The van der Waals surface area contributed by atoms with Crippen LogP contribution in [-0.2, 0) is 13.1 Å². The Morgan fingerprint density at radius 2 is 1.30 bits per heavy atom. The molecule has 132 valence electrons. The zero-order chi connectivity index (χ0) is 18.5. The Bertz CT molecular complexity index is 999. The number of aromatic nitrogens is 1. The summed E-state index contributed by atoms with van der Waals surface area (Å²) in [5, 5.41) is 0.975. The first-order valence-corrected chi connectivity index (χ1v) is 9.02. The van der Waals surface area contributed by atoms with Crippen LogP contribution in [0.1, 0.15) is 21.5 Å². The Morgan fingerprint density at radius 1 is 0.704 bits per heavy atom. The van der Waals surface area contributed by atoms with Gasteiger partial charge in [-0.1, -0.05) is 78.9 Å². The number of carbonyl (C=O) groups excluding carboxylic acids is 1. The molecule has 1 aromatic heterocycles. The SMILES string of the molecule is O=C(c1cccc2cccnc12)N(Cc1ccccc1)Cc1ccccc1. The van der Waals surface area contributed by atoms with Crippen molar-refractivity contribution in [1.29, 1.82) is 0 Å². The van der Waals surface area contributed by atoms with Gasteiger partial charge in [0.15, 0.2) is 0 Å². The molecule has 0 aliphatic carbocycles. The van der Waals surface area contributed by atoms with E-state index >= 15 is 0 Å². The highest BCUT2D eigenvalue weighted by Crippen LogP contribution is 2.20. The molecule has 0 aliphatic heterocycles. The Hall–Kier alpha value is -3.46. The Labute approximate surface area is 158 Å². The molecule has 0 spiro atoms. The summed E-state index contributed by atoms with van der Waals surface area (Å²) in [6.07, 6.45) is 1.73. The van der Waals surface area contributed by atoms with Crippen LogP contribution < -0.4 is 0 Å². The number of hydrogen-bond acceptors (Lipinski definition) is 2. The largest absolute Gasteiger partial charge is 0.330 e. The molecule has 1 heterocycles.